The van der Waals surface area contributed by atoms with Crippen molar-refractivity contribution in [3.05, 3.63) is 34.1 Å². The fraction of sp³-hybridized carbons (Fsp3) is 0.647. The summed E-state index contributed by atoms with van der Waals surface area (Å²) in [6, 6.07) is 5.09. The van der Waals surface area contributed by atoms with Crippen molar-refractivity contribution in [2.45, 2.75) is 52.6 Å². The molecule has 1 nitrogen and oxygen atoms in total. The summed E-state index contributed by atoms with van der Waals surface area (Å²) in [5, 5.41) is 10.4. The number of hydrogen-bond acceptors (Lipinski definition) is 1. The molecule has 1 fully saturated rings. The van der Waals surface area contributed by atoms with Crippen molar-refractivity contribution in [2.24, 2.45) is 17.3 Å². The molecule has 0 heterocycles. The molecular weight excluding hydrogens is 319 g/mol. The van der Waals surface area contributed by atoms with Crippen LogP contribution in [0.5, 0.6) is 0 Å². The summed E-state index contributed by atoms with van der Waals surface area (Å²) in [6.45, 7) is 6.49. The van der Waals surface area contributed by atoms with Gasteiger partial charge in [0, 0.05) is 4.47 Å². The summed E-state index contributed by atoms with van der Waals surface area (Å²) in [4.78, 5) is 0. The van der Waals surface area contributed by atoms with E-state index in [1.165, 1.54) is 6.07 Å². The van der Waals surface area contributed by atoms with Gasteiger partial charge in [-0.05, 0) is 60.3 Å². The number of aliphatic hydroxyl groups is 1. The SMILES string of the molecule is CC1CCC(C(C)(C)Cc2cc(Br)ccc2F)C(O)C1. The van der Waals surface area contributed by atoms with E-state index in [1.807, 2.05) is 6.07 Å². The smallest absolute Gasteiger partial charge is 0.126 e. The Labute approximate surface area is 129 Å². The third-order valence-electron chi connectivity index (χ3n) is 4.74. The van der Waals surface area contributed by atoms with Gasteiger partial charge in [-0.25, -0.2) is 4.39 Å². The Morgan fingerprint density at radius 1 is 1.35 bits per heavy atom. The maximum atomic E-state index is 13.9. The van der Waals surface area contributed by atoms with E-state index in [9.17, 15) is 9.50 Å². The van der Waals surface area contributed by atoms with Crippen LogP contribution in [0.1, 0.15) is 45.6 Å². The van der Waals surface area contributed by atoms with Gasteiger partial charge in [0.25, 0.3) is 0 Å². The molecule has 1 N–H and O–H groups in total. The molecule has 1 aliphatic carbocycles. The van der Waals surface area contributed by atoms with Gasteiger partial charge in [-0.15, -0.1) is 0 Å². The average molecular weight is 343 g/mol. The first-order chi connectivity index (χ1) is 9.29. The summed E-state index contributed by atoms with van der Waals surface area (Å²) in [6.07, 6.45) is 3.46. The number of rotatable bonds is 3. The first kappa shape index (κ1) is 16.0. The van der Waals surface area contributed by atoms with Crippen LogP contribution in [0.4, 0.5) is 4.39 Å². The minimum absolute atomic E-state index is 0.0960. The van der Waals surface area contributed by atoms with Crippen LogP contribution < -0.4 is 0 Å². The Hall–Kier alpha value is -0.410. The number of hydrogen-bond donors (Lipinski definition) is 1. The van der Waals surface area contributed by atoms with Crippen molar-refractivity contribution >= 4 is 15.9 Å². The summed E-state index contributed by atoms with van der Waals surface area (Å²) in [5.41, 5.74) is 0.636. The lowest BCUT2D eigenvalue weighted by atomic mass is 9.65. The van der Waals surface area contributed by atoms with Crippen molar-refractivity contribution in [1.82, 2.24) is 0 Å². The van der Waals surface area contributed by atoms with E-state index < -0.39 is 0 Å². The minimum Gasteiger partial charge on any atom is -0.393 e. The van der Waals surface area contributed by atoms with Gasteiger partial charge in [-0.2, -0.15) is 0 Å². The summed E-state index contributed by atoms with van der Waals surface area (Å²) in [5.74, 6) is 0.691. The van der Waals surface area contributed by atoms with Crippen molar-refractivity contribution in [2.75, 3.05) is 0 Å². The molecule has 3 atom stereocenters. The average Bonchev–Trinajstić information content (AvgIpc) is 2.33. The first-order valence-corrected chi connectivity index (χ1v) is 8.21. The van der Waals surface area contributed by atoms with Crippen LogP contribution in [-0.4, -0.2) is 11.2 Å². The predicted molar refractivity (Wildman–Crippen MR) is 84.1 cm³/mol. The lowest BCUT2D eigenvalue weighted by Crippen LogP contribution is -2.39. The van der Waals surface area contributed by atoms with E-state index >= 15 is 0 Å². The van der Waals surface area contributed by atoms with Crippen molar-refractivity contribution in [3.63, 3.8) is 0 Å². The molecule has 1 aliphatic rings. The molecule has 1 aromatic carbocycles. The summed E-state index contributed by atoms with van der Waals surface area (Å²) in [7, 11) is 0. The molecule has 3 heteroatoms. The fourth-order valence-corrected chi connectivity index (χ4v) is 3.97. The molecule has 0 aliphatic heterocycles. The Morgan fingerprint density at radius 3 is 2.70 bits per heavy atom. The van der Waals surface area contributed by atoms with Gasteiger partial charge in [0.05, 0.1) is 6.10 Å². The predicted octanol–water partition coefficient (Wildman–Crippen LogP) is 4.95. The largest absolute Gasteiger partial charge is 0.393 e. The van der Waals surface area contributed by atoms with Crippen LogP contribution in [0.15, 0.2) is 22.7 Å². The third kappa shape index (κ3) is 3.62. The van der Waals surface area contributed by atoms with E-state index in [4.69, 9.17) is 0 Å². The van der Waals surface area contributed by atoms with Gasteiger partial charge in [-0.3, -0.25) is 0 Å². The Kier molecular flexibility index (Phi) is 4.91. The van der Waals surface area contributed by atoms with E-state index in [1.54, 1.807) is 6.07 Å². The Balaban J connectivity index is 2.16. The van der Waals surface area contributed by atoms with Crippen LogP contribution in [0, 0.1) is 23.1 Å². The van der Waals surface area contributed by atoms with Crippen LogP contribution in [0.25, 0.3) is 0 Å². The van der Waals surface area contributed by atoms with Gasteiger partial charge < -0.3 is 5.11 Å². The first-order valence-electron chi connectivity index (χ1n) is 7.41. The zero-order valence-corrected chi connectivity index (χ0v) is 14.1. The molecule has 1 aromatic rings. The van der Waals surface area contributed by atoms with Gasteiger partial charge in [0.2, 0.25) is 0 Å². The molecule has 0 saturated heterocycles. The molecule has 0 amide bonds. The zero-order chi connectivity index (χ0) is 14.9. The number of benzene rings is 1. The normalized spacial score (nSPS) is 27.6. The van der Waals surface area contributed by atoms with Crippen LogP contribution in [-0.2, 0) is 6.42 Å². The highest BCUT2D eigenvalue weighted by Crippen LogP contribution is 2.42. The molecule has 112 valence electrons. The quantitative estimate of drug-likeness (QED) is 0.823. The number of halogens is 2. The Morgan fingerprint density at radius 2 is 2.05 bits per heavy atom. The molecule has 0 aromatic heterocycles. The maximum absolute atomic E-state index is 13.9. The lowest BCUT2D eigenvalue weighted by Gasteiger charge is -2.42. The Bertz CT molecular complexity index is 472. The molecule has 0 bridgehead atoms. The molecule has 0 spiro atoms. The topological polar surface area (TPSA) is 20.2 Å². The molecular formula is C17H24BrFO. The second-order valence-electron chi connectivity index (χ2n) is 6.99. The lowest BCUT2D eigenvalue weighted by molar-refractivity contribution is -0.0128. The summed E-state index contributed by atoms with van der Waals surface area (Å²) >= 11 is 3.40. The van der Waals surface area contributed by atoms with Gasteiger partial charge in [0.15, 0.2) is 0 Å². The monoisotopic (exact) mass is 342 g/mol. The molecule has 20 heavy (non-hydrogen) atoms. The zero-order valence-electron chi connectivity index (χ0n) is 12.5. The maximum Gasteiger partial charge on any atom is 0.126 e. The van der Waals surface area contributed by atoms with Crippen molar-refractivity contribution in [3.8, 4) is 0 Å². The minimum atomic E-state index is -0.260. The molecule has 2 rings (SSSR count). The molecule has 0 radical (unpaired) electrons. The fourth-order valence-electron chi connectivity index (χ4n) is 3.56. The van der Waals surface area contributed by atoms with E-state index in [0.29, 0.717) is 12.3 Å². The molecule has 1 saturated carbocycles. The second-order valence-corrected chi connectivity index (χ2v) is 7.91. The standard InChI is InChI=1S/C17H24BrFO/c1-11-4-6-14(16(20)8-11)17(2,3)10-12-9-13(18)5-7-15(12)19/h5,7,9,11,14,16,20H,4,6,8,10H2,1-3H3. The third-order valence-corrected chi connectivity index (χ3v) is 5.23. The number of aliphatic hydroxyl groups excluding tert-OH is 1. The molecule has 3 unspecified atom stereocenters. The van der Waals surface area contributed by atoms with Gasteiger partial charge in [-0.1, -0.05) is 43.1 Å². The van der Waals surface area contributed by atoms with Gasteiger partial charge in [0.1, 0.15) is 5.82 Å². The highest BCUT2D eigenvalue weighted by atomic mass is 79.9. The van der Waals surface area contributed by atoms with Crippen LogP contribution >= 0.6 is 15.9 Å². The van der Waals surface area contributed by atoms with Crippen molar-refractivity contribution in [1.29, 1.82) is 0 Å². The van der Waals surface area contributed by atoms with E-state index in [-0.39, 0.29) is 23.3 Å². The van der Waals surface area contributed by atoms with E-state index in [2.05, 4.69) is 36.7 Å². The van der Waals surface area contributed by atoms with Gasteiger partial charge >= 0.3 is 0 Å². The summed E-state index contributed by atoms with van der Waals surface area (Å²) < 4.78 is 14.8. The highest BCUT2D eigenvalue weighted by Gasteiger charge is 2.38. The van der Waals surface area contributed by atoms with Crippen LogP contribution in [0.2, 0.25) is 0 Å². The van der Waals surface area contributed by atoms with E-state index in [0.717, 1.165) is 29.3 Å². The van der Waals surface area contributed by atoms with Crippen molar-refractivity contribution < 1.29 is 9.50 Å². The van der Waals surface area contributed by atoms with Crippen LogP contribution in [0.3, 0.4) is 0 Å². The highest BCUT2D eigenvalue weighted by molar-refractivity contribution is 9.10. The second kappa shape index (κ2) is 6.15.